The van der Waals surface area contributed by atoms with E-state index < -0.39 is 6.10 Å². The van der Waals surface area contributed by atoms with Gasteiger partial charge in [-0.05, 0) is 68.2 Å². The lowest BCUT2D eigenvalue weighted by atomic mass is 9.95. The van der Waals surface area contributed by atoms with Crippen LogP contribution in [-0.2, 0) is 11.2 Å². The molecule has 1 saturated heterocycles. The lowest BCUT2D eigenvalue weighted by Gasteiger charge is -2.34. The van der Waals surface area contributed by atoms with Gasteiger partial charge in [0.15, 0.2) is 0 Å². The highest BCUT2D eigenvalue weighted by Gasteiger charge is 2.31. The minimum Gasteiger partial charge on any atom is -0.387 e. The highest BCUT2D eigenvalue weighted by molar-refractivity contribution is 5.96. The van der Waals surface area contributed by atoms with E-state index in [-0.39, 0.29) is 5.92 Å². The van der Waals surface area contributed by atoms with Gasteiger partial charge < -0.3 is 14.9 Å². The summed E-state index contributed by atoms with van der Waals surface area (Å²) in [5.41, 5.74) is 3.32. The van der Waals surface area contributed by atoms with E-state index in [2.05, 4.69) is 24.0 Å². The van der Waals surface area contributed by atoms with E-state index >= 15 is 0 Å². The molecule has 1 amide bonds. The van der Waals surface area contributed by atoms with E-state index in [9.17, 15) is 9.90 Å². The summed E-state index contributed by atoms with van der Waals surface area (Å²) >= 11 is 0. The molecule has 2 aliphatic heterocycles. The van der Waals surface area contributed by atoms with Crippen molar-refractivity contribution in [3.05, 3.63) is 29.3 Å². The van der Waals surface area contributed by atoms with Crippen molar-refractivity contribution in [3.8, 4) is 0 Å². The van der Waals surface area contributed by atoms with E-state index in [0.717, 1.165) is 62.5 Å². The Labute approximate surface area is 163 Å². The SMILES string of the molecule is CC1CCCN(CC(O)c2ccc3c(c2)CCCN3C(=O)C2CCCC2)C1. The van der Waals surface area contributed by atoms with E-state index in [1.807, 2.05) is 11.0 Å². The summed E-state index contributed by atoms with van der Waals surface area (Å²) in [6.45, 7) is 6.04. The maximum atomic E-state index is 12.9. The molecule has 0 aromatic heterocycles. The summed E-state index contributed by atoms with van der Waals surface area (Å²) in [5.74, 6) is 1.27. The van der Waals surface area contributed by atoms with E-state index in [4.69, 9.17) is 0 Å². The fraction of sp³-hybridized carbons (Fsp3) is 0.696. The maximum absolute atomic E-state index is 12.9. The normalized spacial score (nSPS) is 25.4. The van der Waals surface area contributed by atoms with Crippen molar-refractivity contribution >= 4 is 11.6 Å². The van der Waals surface area contributed by atoms with Crippen molar-refractivity contribution < 1.29 is 9.90 Å². The number of rotatable bonds is 4. The van der Waals surface area contributed by atoms with Gasteiger partial charge in [0.05, 0.1) is 6.10 Å². The van der Waals surface area contributed by atoms with Gasteiger partial charge in [0, 0.05) is 31.2 Å². The molecule has 4 heteroatoms. The van der Waals surface area contributed by atoms with Crippen LogP contribution < -0.4 is 4.90 Å². The fourth-order valence-corrected chi connectivity index (χ4v) is 5.25. The molecule has 1 N–H and O–H groups in total. The number of amides is 1. The van der Waals surface area contributed by atoms with Crippen molar-refractivity contribution in [2.45, 2.75) is 64.4 Å². The molecule has 2 fully saturated rings. The average molecular weight is 371 g/mol. The van der Waals surface area contributed by atoms with Gasteiger partial charge in [0.1, 0.15) is 0 Å². The average Bonchev–Trinajstić information content (AvgIpc) is 3.21. The number of aliphatic hydroxyl groups excluding tert-OH is 1. The zero-order valence-electron chi connectivity index (χ0n) is 16.7. The van der Waals surface area contributed by atoms with E-state index in [1.165, 1.54) is 31.2 Å². The molecule has 1 aromatic carbocycles. The summed E-state index contributed by atoms with van der Waals surface area (Å²) in [7, 11) is 0. The van der Waals surface area contributed by atoms with Crippen LogP contribution in [0, 0.1) is 11.8 Å². The highest BCUT2D eigenvalue weighted by atomic mass is 16.3. The van der Waals surface area contributed by atoms with Crippen LogP contribution in [0.2, 0.25) is 0 Å². The Morgan fingerprint density at radius 2 is 1.96 bits per heavy atom. The number of hydrogen-bond acceptors (Lipinski definition) is 3. The number of nitrogens with zero attached hydrogens (tertiary/aromatic N) is 2. The molecular weight excluding hydrogens is 336 g/mol. The number of carbonyl (C=O) groups excluding carboxylic acids is 1. The van der Waals surface area contributed by atoms with Gasteiger partial charge in [0.25, 0.3) is 0 Å². The topological polar surface area (TPSA) is 43.8 Å². The van der Waals surface area contributed by atoms with Crippen molar-refractivity contribution in [1.29, 1.82) is 0 Å². The number of benzene rings is 1. The second kappa shape index (κ2) is 8.32. The first-order valence-corrected chi connectivity index (χ1v) is 11.0. The molecule has 27 heavy (non-hydrogen) atoms. The van der Waals surface area contributed by atoms with E-state index in [0.29, 0.717) is 12.5 Å². The van der Waals surface area contributed by atoms with Gasteiger partial charge in [-0.1, -0.05) is 31.9 Å². The van der Waals surface area contributed by atoms with Crippen LogP contribution in [0.15, 0.2) is 18.2 Å². The second-order valence-corrected chi connectivity index (χ2v) is 8.99. The summed E-state index contributed by atoms with van der Waals surface area (Å²) in [5, 5.41) is 10.8. The molecule has 2 unspecified atom stereocenters. The Hall–Kier alpha value is -1.39. The predicted octanol–water partition coefficient (Wildman–Crippen LogP) is 3.92. The zero-order chi connectivity index (χ0) is 18.8. The summed E-state index contributed by atoms with van der Waals surface area (Å²) in [6, 6.07) is 6.28. The lowest BCUT2D eigenvalue weighted by Crippen LogP contribution is -2.39. The molecule has 4 nitrogen and oxygen atoms in total. The third-order valence-corrected chi connectivity index (χ3v) is 6.75. The smallest absolute Gasteiger partial charge is 0.230 e. The first-order chi connectivity index (χ1) is 13.1. The summed E-state index contributed by atoms with van der Waals surface area (Å²) in [6.07, 6.45) is 8.61. The van der Waals surface area contributed by atoms with Gasteiger partial charge >= 0.3 is 0 Å². The first kappa shape index (κ1) is 18.9. The van der Waals surface area contributed by atoms with Crippen LogP contribution in [0.5, 0.6) is 0 Å². The van der Waals surface area contributed by atoms with Gasteiger partial charge in [-0.25, -0.2) is 0 Å². The number of hydrogen-bond donors (Lipinski definition) is 1. The summed E-state index contributed by atoms with van der Waals surface area (Å²) in [4.78, 5) is 17.4. The van der Waals surface area contributed by atoms with Crippen LogP contribution in [0.3, 0.4) is 0 Å². The Bertz CT molecular complexity index is 668. The Morgan fingerprint density at radius 3 is 2.74 bits per heavy atom. The largest absolute Gasteiger partial charge is 0.387 e. The molecule has 0 spiro atoms. The molecule has 4 rings (SSSR count). The number of aryl methyl sites for hydroxylation is 1. The monoisotopic (exact) mass is 370 g/mol. The molecule has 3 aliphatic rings. The number of aliphatic hydroxyl groups is 1. The van der Waals surface area contributed by atoms with Gasteiger partial charge in [-0.15, -0.1) is 0 Å². The van der Waals surface area contributed by atoms with Crippen molar-refractivity contribution in [2.24, 2.45) is 11.8 Å². The Kier molecular flexibility index (Phi) is 5.84. The second-order valence-electron chi connectivity index (χ2n) is 8.99. The van der Waals surface area contributed by atoms with Crippen molar-refractivity contribution in [1.82, 2.24) is 4.90 Å². The maximum Gasteiger partial charge on any atom is 0.230 e. The minimum absolute atomic E-state index is 0.224. The predicted molar refractivity (Wildman–Crippen MR) is 109 cm³/mol. The lowest BCUT2D eigenvalue weighted by molar-refractivity contribution is -0.122. The molecule has 1 saturated carbocycles. The molecule has 1 aliphatic carbocycles. The number of β-amino-alcohol motifs (C(OH)–C–C–N with tert-alkyl or cyclic N) is 1. The third kappa shape index (κ3) is 4.22. The highest BCUT2D eigenvalue weighted by Crippen LogP contribution is 2.34. The zero-order valence-corrected chi connectivity index (χ0v) is 16.7. The molecule has 2 atom stereocenters. The molecule has 0 bridgehead atoms. The fourth-order valence-electron chi connectivity index (χ4n) is 5.25. The number of likely N-dealkylation sites (tertiary alicyclic amines) is 1. The first-order valence-electron chi connectivity index (χ1n) is 11.0. The van der Waals surface area contributed by atoms with Crippen molar-refractivity contribution in [2.75, 3.05) is 31.1 Å². The number of anilines is 1. The Morgan fingerprint density at radius 1 is 1.15 bits per heavy atom. The Balaban J connectivity index is 1.46. The standard InChI is InChI=1S/C23H34N2O2/c1-17-6-4-12-24(15-17)16-22(26)20-10-11-21-19(14-20)9-5-13-25(21)23(27)18-7-2-3-8-18/h10-11,14,17-18,22,26H,2-9,12-13,15-16H2,1H3. The van der Waals surface area contributed by atoms with Gasteiger partial charge in [0.2, 0.25) is 5.91 Å². The van der Waals surface area contributed by atoms with E-state index in [1.54, 1.807) is 0 Å². The van der Waals surface area contributed by atoms with Crippen LogP contribution in [0.4, 0.5) is 5.69 Å². The number of piperidine rings is 1. The molecule has 0 radical (unpaired) electrons. The van der Waals surface area contributed by atoms with Crippen molar-refractivity contribution in [3.63, 3.8) is 0 Å². The van der Waals surface area contributed by atoms with Crippen LogP contribution in [0.25, 0.3) is 0 Å². The number of carbonyl (C=O) groups is 1. The summed E-state index contributed by atoms with van der Waals surface area (Å²) < 4.78 is 0. The van der Waals surface area contributed by atoms with Gasteiger partial charge in [-0.2, -0.15) is 0 Å². The third-order valence-electron chi connectivity index (χ3n) is 6.75. The molecule has 2 heterocycles. The van der Waals surface area contributed by atoms with Gasteiger partial charge in [-0.3, -0.25) is 4.79 Å². The van der Waals surface area contributed by atoms with Crippen LogP contribution in [-0.4, -0.2) is 42.1 Å². The molecule has 1 aromatic rings. The molecular formula is C23H34N2O2. The minimum atomic E-state index is -0.443. The quantitative estimate of drug-likeness (QED) is 0.874. The van der Waals surface area contributed by atoms with Crippen LogP contribution >= 0.6 is 0 Å². The number of fused-ring (bicyclic) bond motifs is 1. The molecule has 148 valence electrons. The van der Waals surface area contributed by atoms with Crippen LogP contribution in [0.1, 0.15) is 69.1 Å².